The summed E-state index contributed by atoms with van der Waals surface area (Å²) >= 11 is 0. The van der Waals surface area contributed by atoms with E-state index in [2.05, 4.69) is 9.62 Å². The summed E-state index contributed by atoms with van der Waals surface area (Å²) in [5, 5.41) is 0. The summed E-state index contributed by atoms with van der Waals surface area (Å²) in [7, 11) is -3.93. The molecule has 0 spiro atoms. The molecule has 0 bridgehead atoms. The van der Waals surface area contributed by atoms with Crippen LogP contribution < -0.4 is 4.72 Å². The van der Waals surface area contributed by atoms with Crippen molar-refractivity contribution >= 4 is 21.6 Å². The summed E-state index contributed by atoms with van der Waals surface area (Å²) in [6, 6.07) is 11.6. The van der Waals surface area contributed by atoms with Crippen LogP contribution >= 0.6 is 0 Å². The monoisotopic (exact) mass is 403 g/mol. The lowest BCUT2D eigenvalue weighted by atomic mass is 10.1. The Morgan fingerprint density at radius 3 is 2.71 bits per heavy atom. The molecule has 1 amide bonds. The minimum atomic E-state index is -3.93. The highest BCUT2D eigenvalue weighted by Gasteiger charge is 2.33. The van der Waals surface area contributed by atoms with Crippen LogP contribution in [0.3, 0.4) is 0 Å². The van der Waals surface area contributed by atoms with Gasteiger partial charge in [0.05, 0.1) is 10.6 Å². The average Bonchev–Trinajstić information content (AvgIpc) is 3.15. The van der Waals surface area contributed by atoms with Crippen molar-refractivity contribution in [3.63, 3.8) is 0 Å². The lowest BCUT2D eigenvalue weighted by Crippen LogP contribution is -2.52. The fraction of sp³-hybridized carbons (Fsp3) is 0.350. The normalized spacial score (nSPS) is 20.0. The number of nitrogens with zero attached hydrogens (tertiary/aromatic N) is 2. The van der Waals surface area contributed by atoms with Crippen molar-refractivity contribution in [2.24, 2.45) is 0 Å². The second-order valence-corrected chi connectivity index (χ2v) is 8.91. The molecule has 1 N–H and O–H groups in total. The Balaban J connectivity index is 1.53. The van der Waals surface area contributed by atoms with Crippen molar-refractivity contribution in [3.05, 3.63) is 59.9 Å². The van der Waals surface area contributed by atoms with Gasteiger partial charge >= 0.3 is 0 Å². The Hall–Kier alpha value is -2.45. The van der Waals surface area contributed by atoms with E-state index in [1.54, 1.807) is 17.0 Å². The number of nitrogens with one attached hydrogen (secondary N) is 1. The van der Waals surface area contributed by atoms with E-state index in [9.17, 15) is 17.6 Å². The molecule has 28 heavy (non-hydrogen) atoms. The summed E-state index contributed by atoms with van der Waals surface area (Å²) in [6.45, 7) is 3.27. The molecule has 2 heterocycles. The van der Waals surface area contributed by atoms with Gasteiger partial charge < -0.3 is 4.90 Å². The summed E-state index contributed by atoms with van der Waals surface area (Å²) in [5.74, 6) is -0.690. The standard InChI is InChI=1S/C20H22FN3O3S/c21-16-5-2-6-17(13-16)22-28(26,27)19-8-1-4-15(12-19)20(25)24-11-10-23-9-3-7-18(23)14-24/h1-2,4-6,8,12-13,18,22H,3,7,9-11,14H2/t18-/m1/s1. The molecule has 2 aromatic carbocycles. The smallest absolute Gasteiger partial charge is 0.261 e. The predicted octanol–water partition coefficient (Wildman–Crippen LogP) is 2.55. The van der Waals surface area contributed by atoms with E-state index >= 15 is 0 Å². The second-order valence-electron chi connectivity index (χ2n) is 7.23. The van der Waals surface area contributed by atoms with Crippen LogP contribution in [-0.4, -0.2) is 56.3 Å². The number of carbonyl (C=O) groups is 1. The number of amides is 1. The van der Waals surface area contributed by atoms with Gasteiger partial charge in [-0.05, 0) is 55.8 Å². The number of benzene rings is 2. The van der Waals surface area contributed by atoms with Crippen LogP contribution in [-0.2, 0) is 10.0 Å². The van der Waals surface area contributed by atoms with E-state index in [0.29, 0.717) is 24.7 Å². The summed E-state index contributed by atoms with van der Waals surface area (Å²) in [5.41, 5.74) is 0.475. The number of piperazine rings is 1. The molecule has 2 aliphatic rings. The lowest BCUT2D eigenvalue weighted by molar-refractivity contribution is 0.0571. The third kappa shape index (κ3) is 3.88. The molecule has 0 radical (unpaired) electrons. The molecule has 2 fully saturated rings. The Morgan fingerprint density at radius 1 is 1.07 bits per heavy atom. The Kier molecular flexibility index (Phi) is 5.07. The number of rotatable bonds is 4. The Bertz CT molecular complexity index is 996. The third-order valence-electron chi connectivity index (χ3n) is 5.34. The first-order valence-corrected chi connectivity index (χ1v) is 10.8. The molecular formula is C20H22FN3O3S. The number of hydrogen-bond donors (Lipinski definition) is 1. The molecule has 0 aliphatic carbocycles. The number of anilines is 1. The van der Waals surface area contributed by atoms with Crippen molar-refractivity contribution in [2.75, 3.05) is 30.9 Å². The van der Waals surface area contributed by atoms with Crippen LogP contribution in [0.1, 0.15) is 23.2 Å². The molecule has 4 rings (SSSR count). The molecule has 0 saturated carbocycles. The van der Waals surface area contributed by atoms with Crippen molar-refractivity contribution in [2.45, 2.75) is 23.8 Å². The predicted molar refractivity (Wildman–Crippen MR) is 104 cm³/mol. The van der Waals surface area contributed by atoms with Crippen molar-refractivity contribution in [1.29, 1.82) is 0 Å². The molecule has 2 aliphatic heterocycles. The largest absolute Gasteiger partial charge is 0.336 e. The summed E-state index contributed by atoms with van der Waals surface area (Å²) < 4.78 is 41.0. The SMILES string of the molecule is O=C(c1cccc(S(=O)(=O)Nc2cccc(F)c2)c1)N1CCN2CCC[C@@H]2C1. The lowest BCUT2D eigenvalue weighted by Gasteiger charge is -2.37. The van der Waals surface area contributed by atoms with E-state index in [0.717, 1.165) is 32.0 Å². The molecular weight excluding hydrogens is 381 g/mol. The van der Waals surface area contributed by atoms with Crippen molar-refractivity contribution in [3.8, 4) is 0 Å². The first-order chi connectivity index (χ1) is 13.4. The highest BCUT2D eigenvalue weighted by atomic mass is 32.2. The maximum absolute atomic E-state index is 13.3. The maximum atomic E-state index is 13.3. The van der Waals surface area contributed by atoms with Crippen molar-refractivity contribution in [1.82, 2.24) is 9.80 Å². The van der Waals surface area contributed by atoms with Gasteiger partial charge in [0.25, 0.3) is 15.9 Å². The molecule has 0 aromatic heterocycles. The van der Waals surface area contributed by atoms with Crippen LogP contribution in [0.25, 0.3) is 0 Å². The van der Waals surface area contributed by atoms with Gasteiger partial charge in [0.2, 0.25) is 0 Å². The van der Waals surface area contributed by atoms with Gasteiger partial charge in [0, 0.05) is 31.2 Å². The van der Waals surface area contributed by atoms with Gasteiger partial charge in [-0.25, -0.2) is 12.8 Å². The van der Waals surface area contributed by atoms with Crippen LogP contribution in [0, 0.1) is 5.82 Å². The average molecular weight is 403 g/mol. The molecule has 0 unspecified atom stereocenters. The van der Waals surface area contributed by atoms with E-state index in [-0.39, 0.29) is 16.5 Å². The highest BCUT2D eigenvalue weighted by Crippen LogP contribution is 2.23. The molecule has 6 nitrogen and oxygen atoms in total. The van der Waals surface area contributed by atoms with Crippen LogP contribution in [0.5, 0.6) is 0 Å². The zero-order valence-corrected chi connectivity index (χ0v) is 16.2. The van der Waals surface area contributed by atoms with E-state index < -0.39 is 15.8 Å². The number of carbonyl (C=O) groups excluding carboxylic acids is 1. The second kappa shape index (κ2) is 7.52. The number of sulfonamides is 1. The van der Waals surface area contributed by atoms with Gasteiger partial charge in [0.15, 0.2) is 0 Å². The Morgan fingerprint density at radius 2 is 1.89 bits per heavy atom. The molecule has 8 heteroatoms. The zero-order valence-electron chi connectivity index (χ0n) is 15.3. The zero-order chi connectivity index (χ0) is 19.7. The Labute approximate surface area is 164 Å². The molecule has 2 aromatic rings. The topological polar surface area (TPSA) is 69.7 Å². The minimum Gasteiger partial charge on any atom is -0.336 e. The first kappa shape index (κ1) is 18.9. The van der Waals surface area contributed by atoms with Gasteiger partial charge in [-0.3, -0.25) is 14.4 Å². The van der Waals surface area contributed by atoms with E-state index in [1.165, 1.54) is 30.3 Å². The third-order valence-corrected chi connectivity index (χ3v) is 6.72. The highest BCUT2D eigenvalue weighted by molar-refractivity contribution is 7.92. The summed E-state index contributed by atoms with van der Waals surface area (Å²) in [6.07, 6.45) is 2.25. The molecule has 1 atom stereocenters. The van der Waals surface area contributed by atoms with Gasteiger partial charge in [0.1, 0.15) is 5.82 Å². The van der Waals surface area contributed by atoms with Crippen LogP contribution in [0.4, 0.5) is 10.1 Å². The quantitative estimate of drug-likeness (QED) is 0.852. The van der Waals surface area contributed by atoms with Gasteiger partial charge in [-0.1, -0.05) is 12.1 Å². The summed E-state index contributed by atoms with van der Waals surface area (Å²) in [4.78, 5) is 17.1. The van der Waals surface area contributed by atoms with Crippen LogP contribution in [0.2, 0.25) is 0 Å². The van der Waals surface area contributed by atoms with Crippen molar-refractivity contribution < 1.29 is 17.6 Å². The number of fused-ring (bicyclic) bond motifs is 1. The minimum absolute atomic E-state index is 0.0258. The van der Waals surface area contributed by atoms with E-state index in [1.807, 2.05) is 0 Å². The fourth-order valence-corrected chi connectivity index (χ4v) is 5.02. The van der Waals surface area contributed by atoms with Crippen LogP contribution in [0.15, 0.2) is 53.4 Å². The maximum Gasteiger partial charge on any atom is 0.261 e. The van der Waals surface area contributed by atoms with Gasteiger partial charge in [-0.2, -0.15) is 0 Å². The molecule has 148 valence electrons. The number of hydrogen-bond acceptors (Lipinski definition) is 4. The number of halogens is 1. The molecule has 2 saturated heterocycles. The van der Waals surface area contributed by atoms with E-state index in [4.69, 9.17) is 0 Å². The fourth-order valence-electron chi connectivity index (χ4n) is 3.92. The van der Waals surface area contributed by atoms with Gasteiger partial charge in [-0.15, -0.1) is 0 Å². The first-order valence-electron chi connectivity index (χ1n) is 9.34.